The van der Waals surface area contributed by atoms with Gasteiger partial charge in [-0.3, -0.25) is 14.4 Å². The molecule has 0 aliphatic carbocycles. The fourth-order valence-electron chi connectivity index (χ4n) is 3.12. The van der Waals surface area contributed by atoms with E-state index in [4.69, 9.17) is 9.47 Å². The first kappa shape index (κ1) is 26.2. The number of hydrogen-bond acceptors (Lipinski definition) is 7. The Balaban J connectivity index is 2.19. The van der Waals surface area contributed by atoms with Crippen LogP contribution in [-0.4, -0.2) is 48.3 Å². The highest BCUT2D eigenvalue weighted by atomic mass is 16.5. The van der Waals surface area contributed by atoms with Gasteiger partial charge in [0.2, 0.25) is 23.3 Å². The second-order valence-corrected chi connectivity index (χ2v) is 7.33. The maximum Gasteiger partial charge on any atom is 0.243 e. The average Bonchev–Trinajstić information content (AvgIpc) is 3.03. The van der Waals surface area contributed by atoms with Crippen molar-refractivity contribution < 1.29 is 29.3 Å². The molecule has 0 heterocycles. The fraction of sp³-hybridized carbons (Fsp3) is 0.320. The lowest BCUT2D eigenvalue weighted by Gasteiger charge is -2.17. The van der Waals surface area contributed by atoms with Gasteiger partial charge >= 0.3 is 0 Å². The van der Waals surface area contributed by atoms with Crippen molar-refractivity contribution in [1.82, 2.24) is 10.6 Å². The van der Waals surface area contributed by atoms with Crippen LogP contribution >= 0.6 is 0 Å². The summed E-state index contributed by atoms with van der Waals surface area (Å²) >= 11 is 0. The molecular weight excluding hydrogens is 440 g/mol. The van der Waals surface area contributed by atoms with Crippen LogP contribution in [0.4, 0.5) is 0 Å². The zero-order valence-corrected chi connectivity index (χ0v) is 19.0. The van der Waals surface area contributed by atoms with Crippen molar-refractivity contribution in [3.05, 3.63) is 59.8 Å². The second kappa shape index (κ2) is 13.5. The average molecular weight is 471 g/mol. The number of amides is 2. The molecule has 2 aromatic carbocycles. The lowest BCUT2D eigenvalue weighted by Crippen LogP contribution is -2.22. The van der Waals surface area contributed by atoms with Gasteiger partial charge in [0.15, 0.2) is 16.9 Å². The Morgan fingerprint density at radius 3 is 1.91 bits per heavy atom. The van der Waals surface area contributed by atoms with Gasteiger partial charge in [0.25, 0.3) is 0 Å². The van der Waals surface area contributed by atoms with E-state index in [1.807, 2.05) is 0 Å². The Hall–Kier alpha value is -4.01. The molecule has 0 aliphatic rings. The molecule has 0 radical (unpaired) electrons. The molecule has 0 saturated carbocycles. The second-order valence-electron chi connectivity index (χ2n) is 7.33. The molecule has 0 saturated heterocycles. The Morgan fingerprint density at radius 2 is 1.35 bits per heavy atom. The van der Waals surface area contributed by atoms with Crippen LogP contribution in [-0.2, 0) is 9.59 Å². The SMILES string of the molecule is C=CC(=O)NCCCCOc1c(O)c(O)c2ccccc(=O)c2c1OCCCCNC(=O)C=C. The Labute approximate surface area is 197 Å². The maximum atomic E-state index is 12.7. The van der Waals surface area contributed by atoms with Gasteiger partial charge in [-0.2, -0.15) is 0 Å². The first-order valence-corrected chi connectivity index (χ1v) is 11.0. The Morgan fingerprint density at radius 1 is 0.824 bits per heavy atom. The molecule has 2 rings (SSSR count). The van der Waals surface area contributed by atoms with Crippen LogP contribution in [0.2, 0.25) is 0 Å². The minimum atomic E-state index is -0.522. The van der Waals surface area contributed by atoms with Gasteiger partial charge in [-0.1, -0.05) is 31.4 Å². The van der Waals surface area contributed by atoms with Crippen LogP contribution in [0.1, 0.15) is 25.7 Å². The number of hydrogen-bond donors (Lipinski definition) is 4. The van der Waals surface area contributed by atoms with Crippen LogP contribution < -0.4 is 25.5 Å². The molecule has 0 fully saturated rings. The van der Waals surface area contributed by atoms with Gasteiger partial charge in [-0.15, -0.1) is 0 Å². The number of nitrogens with one attached hydrogen (secondary N) is 2. The molecule has 9 nitrogen and oxygen atoms in total. The minimum Gasteiger partial charge on any atom is -0.504 e. The summed E-state index contributed by atoms with van der Waals surface area (Å²) in [5, 5.41) is 26.7. The fourth-order valence-corrected chi connectivity index (χ4v) is 3.12. The van der Waals surface area contributed by atoms with Crippen LogP contribution in [0, 0.1) is 0 Å². The van der Waals surface area contributed by atoms with Crippen LogP contribution in [0.5, 0.6) is 23.0 Å². The van der Waals surface area contributed by atoms with Gasteiger partial charge in [0.1, 0.15) is 0 Å². The molecule has 0 atom stereocenters. The highest BCUT2D eigenvalue weighted by Gasteiger charge is 2.23. The van der Waals surface area contributed by atoms with Crippen molar-refractivity contribution in [2.75, 3.05) is 26.3 Å². The summed E-state index contributed by atoms with van der Waals surface area (Å²) in [6.45, 7) is 7.97. The molecular formula is C25H30N2O7. The van der Waals surface area contributed by atoms with E-state index in [0.29, 0.717) is 38.8 Å². The molecule has 9 heteroatoms. The smallest absolute Gasteiger partial charge is 0.243 e. The van der Waals surface area contributed by atoms with Crippen LogP contribution in [0.25, 0.3) is 10.8 Å². The predicted octanol–water partition coefficient (Wildman–Crippen LogP) is 2.53. The summed E-state index contributed by atoms with van der Waals surface area (Å²) < 4.78 is 11.6. The lowest BCUT2D eigenvalue weighted by molar-refractivity contribution is -0.117. The summed E-state index contributed by atoms with van der Waals surface area (Å²) in [5.74, 6) is -1.61. The minimum absolute atomic E-state index is 0.0431. The normalized spacial score (nSPS) is 10.4. The van der Waals surface area contributed by atoms with Gasteiger partial charge in [0.05, 0.1) is 18.6 Å². The van der Waals surface area contributed by atoms with E-state index in [0.717, 1.165) is 0 Å². The van der Waals surface area contributed by atoms with E-state index < -0.39 is 16.9 Å². The van der Waals surface area contributed by atoms with Crippen molar-refractivity contribution >= 4 is 22.6 Å². The van der Waals surface area contributed by atoms with Gasteiger partial charge in [-0.25, -0.2) is 0 Å². The molecule has 0 bridgehead atoms. The predicted molar refractivity (Wildman–Crippen MR) is 129 cm³/mol. The summed E-state index contributed by atoms with van der Waals surface area (Å²) in [6, 6.07) is 5.95. The summed E-state index contributed by atoms with van der Waals surface area (Å²) in [5.41, 5.74) is -0.402. The number of rotatable bonds is 14. The monoisotopic (exact) mass is 470 g/mol. The molecule has 4 N–H and O–H groups in total. The standard InChI is InChI=1S/C25H30N2O7/c1-3-19(29)26-13-7-9-15-33-24-21-17(11-5-6-12-18(21)28)22(31)23(32)25(24)34-16-10-8-14-27-20(30)4-2/h3-6,11-12,31-32H,1-2,7-10,13-16H2,(H,26,29)(H,27,30). The molecule has 0 aromatic heterocycles. The molecule has 2 aromatic rings. The summed E-state index contributed by atoms with van der Waals surface area (Å²) in [7, 11) is 0. The number of ether oxygens (including phenoxy) is 2. The topological polar surface area (TPSA) is 134 Å². The number of phenolic OH excluding ortho intramolecular Hbond substituents is 2. The van der Waals surface area contributed by atoms with Crippen molar-refractivity contribution in [2.45, 2.75) is 25.7 Å². The molecule has 0 spiro atoms. The zero-order valence-electron chi connectivity index (χ0n) is 19.0. The molecule has 0 aliphatic heterocycles. The first-order chi connectivity index (χ1) is 16.4. The van der Waals surface area contributed by atoms with E-state index in [9.17, 15) is 24.6 Å². The van der Waals surface area contributed by atoms with Crippen LogP contribution in [0.15, 0.2) is 54.4 Å². The van der Waals surface area contributed by atoms with Gasteiger partial charge in [-0.05, 0) is 43.9 Å². The van der Waals surface area contributed by atoms with E-state index >= 15 is 0 Å². The number of fused-ring (bicyclic) bond motifs is 1. The number of carbonyl (C=O) groups excluding carboxylic acids is 2. The van der Waals surface area contributed by atoms with Gasteiger partial charge < -0.3 is 30.3 Å². The summed E-state index contributed by atoms with van der Waals surface area (Å²) in [6.07, 6.45) is 4.68. The number of aromatic hydroxyl groups is 2. The zero-order chi connectivity index (χ0) is 24.9. The molecule has 0 unspecified atom stereocenters. The number of benzene rings is 1. The first-order valence-electron chi connectivity index (χ1n) is 11.0. The quantitative estimate of drug-likeness (QED) is 0.189. The van der Waals surface area contributed by atoms with E-state index in [-0.39, 0.29) is 47.3 Å². The third-order valence-electron chi connectivity index (χ3n) is 4.87. The number of unbranched alkanes of at least 4 members (excludes halogenated alkanes) is 2. The lowest BCUT2D eigenvalue weighted by atomic mass is 10.1. The number of carbonyl (C=O) groups is 2. The Bertz CT molecular complexity index is 1100. The van der Waals surface area contributed by atoms with E-state index in [1.165, 1.54) is 30.4 Å². The highest BCUT2D eigenvalue weighted by molar-refractivity contribution is 5.97. The van der Waals surface area contributed by atoms with Crippen molar-refractivity contribution in [1.29, 1.82) is 0 Å². The van der Waals surface area contributed by atoms with Gasteiger partial charge in [0, 0.05) is 18.5 Å². The highest BCUT2D eigenvalue weighted by Crippen LogP contribution is 2.48. The number of phenols is 2. The third kappa shape index (κ3) is 7.26. The van der Waals surface area contributed by atoms with Crippen molar-refractivity contribution in [3.63, 3.8) is 0 Å². The maximum absolute atomic E-state index is 12.7. The van der Waals surface area contributed by atoms with E-state index in [1.54, 1.807) is 6.07 Å². The third-order valence-corrected chi connectivity index (χ3v) is 4.87. The van der Waals surface area contributed by atoms with Crippen molar-refractivity contribution in [2.24, 2.45) is 0 Å². The largest absolute Gasteiger partial charge is 0.504 e. The molecule has 34 heavy (non-hydrogen) atoms. The van der Waals surface area contributed by atoms with Crippen LogP contribution in [0.3, 0.4) is 0 Å². The van der Waals surface area contributed by atoms with Crippen molar-refractivity contribution in [3.8, 4) is 23.0 Å². The Kier molecular flexibility index (Phi) is 10.4. The molecule has 2 amide bonds. The molecule has 182 valence electrons. The summed E-state index contributed by atoms with van der Waals surface area (Å²) in [4.78, 5) is 35.2. The van der Waals surface area contributed by atoms with E-state index in [2.05, 4.69) is 23.8 Å².